The second-order valence-electron chi connectivity index (χ2n) is 4.37. The molecule has 3 rings (SSSR count). The number of pyridine rings is 1. The Kier molecular flexibility index (Phi) is 3.46. The number of nitrogens with zero attached hydrogens (tertiary/aromatic N) is 3. The molecule has 3 aromatic rings. The van der Waals surface area contributed by atoms with Crippen molar-refractivity contribution >= 4 is 40.2 Å². The van der Waals surface area contributed by atoms with Gasteiger partial charge in [0.1, 0.15) is 0 Å². The predicted molar refractivity (Wildman–Crippen MR) is 78.3 cm³/mol. The summed E-state index contributed by atoms with van der Waals surface area (Å²) < 4.78 is 3.03. The van der Waals surface area contributed by atoms with Crippen molar-refractivity contribution in [3.05, 3.63) is 66.0 Å². The number of benzene rings is 1. The fourth-order valence-corrected chi connectivity index (χ4v) is 3.12. The van der Waals surface area contributed by atoms with Gasteiger partial charge in [-0.15, -0.1) is 0 Å². The van der Waals surface area contributed by atoms with Crippen LogP contribution in [0, 0.1) is 6.92 Å². The maximum absolute atomic E-state index is 4.73. The maximum atomic E-state index is 4.73. The summed E-state index contributed by atoms with van der Waals surface area (Å²) >= 11 is 0.925. The van der Waals surface area contributed by atoms with E-state index in [1.165, 1.54) is 5.56 Å². The van der Waals surface area contributed by atoms with Crippen LogP contribution in [0.15, 0.2) is 59.7 Å². The second-order valence-corrected chi connectivity index (χ2v) is 6.21. The molecule has 0 saturated heterocycles. The van der Waals surface area contributed by atoms with Crippen molar-refractivity contribution in [2.45, 2.75) is 6.92 Å². The molecule has 19 heavy (non-hydrogen) atoms. The first-order valence-electron chi connectivity index (χ1n) is 6.04. The van der Waals surface area contributed by atoms with Gasteiger partial charge >= 0.3 is 128 Å². The fraction of sp³-hybridized carbons (Fsp3) is 0.0667. The molecule has 0 amide bonds. The van der Waals surface area contributed by atoms with Crippen LogP contribution in [0.3, 0.4) is 0 Å². The molecule has 0 aliphatic carbocycles. The van der Waals surface area contributed by atoms with Gasteiger partial charge in [-0.2, -0.15) is 0 Å². The average molecular weight is 441 g/mol. The predicted octanol–water partition coefficient (Wildman–Crippen LogP) is 2.89. The molecule has 1 aromatic carbocycles. The number of rotatable bonds is 2. The number of hydrogen-bond acceptors (Lipinski definition) is 2. The molecular formula is C15H12N3Pb. The van der Waals surface area contributed by atoms with E-state index in [1.807, 2.05) is 41.9 Å². The molecule has 3 nitrogen and oxygen atoms in total. The zero-order valence-corrected chi connectivity index (χ0v) is 14.4. The Labute approximate surface area is 127 Å². The van der Waals surface area contributed by atoms with E-state index in [9.17, 15) is 0 Å². The van der Waals surface area contributed by atoms with E-state index in [0.29, 0.717) is 0 Å². The first-order chi connectivity index (χ1) is 9.22. The van der Waals surface area contributed by atoms with Crippen LogP contribution < -0.4 is 0 Å². The van der Waals surface area contributed by atoms with E-state index < -0.39 is 0 Å². The molecule has 0 fully saturated rings. The van der Waals surface area contributed by atoms with Gasteiger partial charge in [-0.1, -0.05) is 0 Å². The van der Waals surface area contributed by atoms with Gasteiger partial charge in [0.2, 0.25) is 0 Å². The molecule has 0 saturated carbocycles. The van der Waals surface area contributed by atoms with Gasteiger partial charge in [-0.3, -0.25) is 0 Å². The molecule has 4 heteroatoms. The number of aryl methyl sites for hydroxylation is 1. The topological polar surface area (TPSA) is 29.7 Å². The van der Waals surface area contributed by atoms with Crippen molar-refractivity contribution in [2.75, 3.05) is 0 Å². The summed E-state index contributed by atoms with van der Waals surface area (Å²) in [6.45, 7) is 2.00. The summed E-state index contributed by atoms with van der Waals surface area (Å²) in [7, 11) is 0. The van der Waals surface area contributed by atoms with Crippen molar-refractivity contribution in [3.63, 3.8) is 0 Å². The zero-order valence-electron chi connectivity index (χ0n) is 10.5. The number of aliphatic imine (C=N–C) groups is 1. The van der Waals surface area contributed by atoms with Crippen molar-refractivity contribution in [1.29, 1.82) is 0 Å². The Morgan fingerprint density at radius 3 is 2.74 bits per heavy atom. The molecule has 0 atom stereocenters. The average Bonchev–Trinajstić information content (AvgIpc) is 2.79. The molecule has 0 aliphatic rings. The molecule has 91 valence electrons. The van der Waals surface area contributed by atoms with Gasteiger partial charge in [0, 0.05) is 0 Å². The molecular weight excluding hydrogens is 429 g/mol. The van der Waals surface area contributed by atoms with E-state index in [0.717, 1.165) is 45.9 Å². The van der Waals surface area contributed by atoms with Crippen LogP contribution in [-0.2, 0) is 0 Å². The van der Waals surface area contributed by atoms with Crippen LogP contribution in [0.4, 0.5) is 5.69 Å². The van der Waals surface area contributed by atoms with Gasteiger partial charge < -0.3 is 0 Å². The van der Waals surface area contributed by atoms with Crippen LogP contribution in [0.25, 0.3) is 5.52 Å². The molecule has 2 aromatic heterocycles. The molecule has 0 N–H and O–H groups in total. The van der Waals surface area contributed by atoms with E-state index in [4.69, 9.17) is 4.99 Å². The van der Waals surface area contributed by atoms with E-state index in [1.54, 1.807) is 0 Å². The molecule has 0 unspecified atom stereocenters. The third-order valence-corrected chi connectivity index (χ3v) is 4.41. The second kappa shape index (κ2) is 5.24. The molecule has 0 spiro atoms. The molecule has 0 bridgehead atoms. The third-order valence-electron chi connectivity index (χ3n) is 2.86. The third kappa shape index (κ3) is 2.75. The van der Waals surface area contributed by atoms with Crippen molar-refractivity contribution in [1.82, 2.24) is 9.61 Å². The Bertz CT molecular complexity index is 744. The van der Waals surface area contributed by atoms with Crippen molar-refractivity contribution in [3.8, 4) is 0 Å². The van der Waals surface area contributed by atoms with Gasteiger partial charge in [0.15, 0.2) is 0 Å². The standard InChI is InChI=1S/C15H12N3.Pb/c1-12-9-15-10-14(7-8-18(15)17-12)16-11-13-5-3-2-4-6-13;/h2-10H,1H3;. The molecule has 3 radical (unpaired) electrons. The Hall–Kier alpha value is -1.50. The minimum atomic E-state index is 0.925. The normalized spacial score (nSPS) is 12.0. The Morgan fingerprint density at radius 1 is 1.16 bits per heavy atom. The summed E-state index contributed by atoms with van der Waals surface area (Å²) in [4.78, 5) is 4.73. The van der Waals surface area contributed by atoms with E-state index >= 15 is 0 Å². The van der Waals surface area contributed by atoms with Gasteiger partial charge in [0.05, 0.1) is 0 Å². The van der Waals surface area contributed by atoms with Gasteiger partial charge in [0.25, 0.3) is 0 Å². The summed E-state index contributed by atoms with van der Waals surface area (Å²) in [6, 6.07) is 16.5. The summed E-state index contributed by atoms with van der Waals surface area (Å²) in [5, 5.41) is 4.37. The number of fused-ring (bicyclic) bond motifs is 1. The van der Waals surface area contributed by atoms with Gasteiger partial charge in [-0.25, -0.2) is 0 Å². The fourth-order valence-electron chi connectivity index (χ4n) is 1.97. The monoisotopic (exact) mass is 442 g/mol. The quantitative estimate of drug-likeness (QED) is 0.444. The summed E-state index contributed by atoms with van der Waals surface area (Å²) in [5.74, 6) is 0. The zero-order chi connectivity index (χ0) is 13.2. The van der Waals surface area contributed by atoms with Crippen LogP contribution in [0.5, 0.6) is 0 Å². The van der Waals surface area contributed by atoms with Crippen molar-refractivity contribution in [2.24, 2.45) is 4.99 Å². The summed E-state index contributed by atoms with van der Waals surface area (Å²) in [5.41, 5.74) is 4.30. The van der Waals surface area contributed by atoms with Crippen LogP contribution in [0.1, 0.15) is 11.3 Å². The Balaban J connectivity index is 2.00. The van der Waals surface area contributed by atoms with Crippen LogP contribution >= 0.6 is 0 Å². The SMILES string of the molecule is Cc1cc2cc(N=[C]([Pb])c3ccccc3)ccn2n1. The Morgan fingerprint density at radius 2 is 1.95 bits per heavy atom. The first kappa shape index (κ1) is 12.5. The molecule has 0 aliphatic heterocycles. The van der Waals surface area contributed by atoms with Crippen molar-refractivity contribution < 1.29 is 0 Å². The van der Waals surface area contributed by atoms with E-state index in [-0.39, 0.29) is 0 Å². The van der Waals surface area contributed by atoms with E-state index in [2.05, 4.69) is 29.4 Å². The minimum absolute atomic E-state index is 0.925. The number of aromatic nitrogens is 2. The van der Waals surface area contributed by atoms with Crippen LogP contribution in [0.2, 0.25) is 0 Å². The summed E-state index contributed by atoms with van der Waals surface area (Å²) in [6.07, 6.45) is 1.96. The molecule has 2 heterocycles. The van der Waals surface area contributed by atoms with Crippen LogP contribution in [-0.4, -0.2) is 38.7 Å². The number of hydrogen-bond donors (Lipinski definition) is 0. The van der Waals surface area contributed by atoms with Gasteiger partial charge in [-0.05, 0) is 0 Å². The first-order valence-corrected chi connectivity index (χ1v) is 7.98.